The molecule has 0 radical (unpaired) electrons. The Labute approximate surface area is 108 Å². The zero-order chi connectivity index (χ0) is 13.9. The number of rotatable bonds is 4. The molecule has 19 heavy (non-hydrogen) atoms. The first-order valence-electron chi connectivity index (χ1n) is 5.91. The fourth-order valence-corrected chi connectivity index (χ4v) is 1.87. The van der Waals surface area contributed by atoms with Gasteiger partial charge >= 0.3 is 0 Å². The van der Waals surface area contributed by atoms with Gasteiger partial charge in [-0.15, -0.1) is 0 Å². The number of ether oxygens (including phenoxy) is 1. The lowest BCUT2D eigenvalue weighted by Crippen LogP contribution is -2.42. The maximum Gasteiger partial charge on any atom is 0.178 e. The molecule has 0 amide bonds. The van der Waals surface area contributed by atoms with Gasteiger partial charge in [-0.25, -0.2) is 19.6 Å². The molecule has 0 saturated carbocycles. The second kappa shape index (κ2) is 5.64. The monoisotopic (exact) mass is 274 g/mol. The van der Waals surface area contributed by atoms with Crippen molar-refractivity contribution in [3.8, 4) is 0 Å². The van der Waals surface area contributed by atoms with Crippen LogP contribution < -0.4 is 16.6 Å². The van der Waals surface area contributed by atoms with Gasteiger partial charge in [-0.2, -0.15) is 0 Å². The van der Waals surface area contributed by atoms with Gasteiger partial charge in [0.15, 0.2) is 23.3 Å². The van der Waals surface area contributed by atoms with E-state index < -0.39 is 17.2 Å². The number of pyridine rings is 1. The van der Waals surface area contributed by atoms with Crippen molar-refractivity contribution in [3.63, 3.8) is 0 Å². The van der Waals surface area contributed by atoms with E-state index in [2.05, 4.69) is 10.3 Å². The Bertz CT molecular complexity index is 453. The molecule has 1 fully saturated rings. The molecule has 1 aliphatic rings. The molecule has 0 aliphatic carbocycles. The molecule has 5 N–H and O–H groups in total. The standard InChI is InChI=1S/C11H16F2N4O2/c12-7-5-8(13)10(17-14)16-9(7)15-6-11(18)1-3-19-4-2-11/h5,18H,1-4,6,14H2,(H2,15,16,17). The number of hydrazine groups is 1. The Balaban J connectivity index is 2.06. The summed E-state index contributed by atoms with van der Waals surface area (Å²) >= 11 is 0. The van der Waals surface area contributed by atoms with Gasteiger partial charge in [0.2, 0.25) is 0 Å². The first-order chi connectivity index (χ1) is 9.04. The number of hydrogen-bond acceptors (Lipinski definition) is 6. The van der Waals surface area contributed by atoms with Crippen LogP contribution in [0.2, 0.25) is 0 Å². The maximum atomic E-state index is 13.5. The van der Waals surface area contributed by atoms with E-state index in [1.54, 1.807) is 0 Å². The number of halogens is 2. The molecule has 0 spiro atoms. The van der Waals surface area contributed by atoms with Gasteiger partial charge in [-0.3, -0.25) is 0 Å². The van der Waals surface area contributed by atoms with E-state index in [1.807, 2.05) is 5.43 Å². The third-order valence-corrected chi connectivity index (χ3v) is 3.07. The molecule has 0 bridgehead atoms. The van der Waals surface area contributed by atoms with E-state index in [1.165, 1.54) is 0 Å². The Kier molecular flexibility index (Phi) is 4.13. The topological polar surface area (TPSA) is 92.4 Å². The molecule has 6 nitrogen and oxygen atoms in total. The van der Waals surface area contributed by atoms with Gasteiger partial charge in [0, 0.05) is 38.7 Å². The summed E-state index contributed by atoms with van der Waals surface area (Å²) in [6, 6.07) is 0.679. The zero-order valence-corrected chi connectivity index (χ0v) is 10.2. The molecule has 0 atom stereocenters. The van der Waals surface area contributed by atoms with E-state index in [-0.39, 0.29) is 18.2 Å². The number of aromatic nitrogens is 1. The summed E-state index contributed by atoms with van der Waals surface area (Å²) in [4.78, 5) is 3.67. The van der Waals surface area contributed by atoms with Gasteiger partial charge in [0.1, 0.15) is 0 Å². The predicted molar refractivity (Wildman–Crippen MR) is 65.5 cm³/mol. The highest BCUT2D eigenvalue weighted by molar-refractivity contribution is 5.47. The Morgan fingerprint density at radius 3 is 2.58 bits per heavy atom. The van der Waals surface area contributed by atoms with Gasteiger partial charge in [0.05, 0.1) is 5.60 Å². The molecule has 1 saturated heterocycles. The molecule has 8 heteroatoms. The molecule has 1 aromatic rings. The highest BCUT2D eigenvalue weighted by Crippen LogP contribution is 2.23. The quantitative estimate of drug-likeness (QED) is 0.474. The summed E-state index contributed by atoms with van der Waals surface area (Å²) in [7, 11) is 0. The average molecular weight is 274 g/mol. The number of aliphatic hydroxyl groups is 1. The molecular weight excluding hydrogens is 258 g/mol. The molecular formula is C11H16F2N4O2. The summed E-state index contributed by atoms with van der Waals surface area (Å²) in [5.41, 5.74) is 1.06. The fourth-order valence-electron chi connectivity index (χ4n) is 1.87. The minimum Gasteiger partial charge on any atom is -0.388 e. The molecule has 2 rings (SSSR count). The molecule has 0 unspecified atom stereocenters. The van der Waals surface area contributed by atoms with Crippen LogP contribution in [0.1, 0.15) is 12.8 Å². The molecule has 1 aliphatic heterocycles. The van der Waals surface area contributed by atoms with E-state index in [9.17, 15) is 13.9 Å². The van der Waals surface area contributed by atoms with Crippen LogP contribution in [0.25, 0.3) is 0 Å². The first kappa shape index (κ1) is 13.9. The lowest BCUT2D eigenvalue weighted by atomic mass is 9.94. The number of nitrogens with zero attached hydrogens (tertiary/aromatic N) is 1. The normalized spacial score (nSPS) is 18.1. The van der Waals surface area contributed by atoms with Crippen LogP contribution in [0.5, 0.6) is 0 Å². The number of nitrogen functional groups attached to an aromatic ring is 1. The van der Waals surface area contributed by atoms with Crippen LogP contribution in [0, 0.1) is 11.6 Å². The predicted octanol–water partition coefficient (Wildman–Crippen LogP) is 0.599. The Morgan fingerprint density at radius 1 is 1.32 bits per heavy atom. The van der Waals surface area contributed by atoms with Crippen LogP contribution in [-0.2, 0) is 4.74 Å². The van der Waals surface area contributed by atoms with Crippen molar-refractivity contribution in [3.05, 3.63) is 17.7 Å². The third kappa shape index (κ3) is 3.28. The van der Waals surface area contributed by atoms with Gasteiger partial charge in [-0.05, 0) is 0 Å². The van der Waals surface area contributed by atoms with Crippen molar-refractivity contribution in [2.45, 2.75) is 18.4 Å². The summed E-state index contributed by atoms with van der Waals surface area (Å²) in [5, 5.41) is 12.9. The molecule has 106 valence electrons. The van der Waals surface area contributed by atoms with Crippen molar-refractivity contribution >= 4 is 11.6 Å². The minimum atomic E-state index is -0.975. The second-order valence-electron chi connectivity index (χ2n) is 4.48. The van der Waals surface area contributed by atoms with Crippen molar-refractivity contribution in [2.75, 3.05) is 30.5 Å². The molecule has 1 aromatic heterocycles. The van der Waals surface area contributed by atoms with Crippen molar-refractivity contribution in [1.82, 2.24) is 4.98 Å². The minimum absolute atomic E-state index is 0.107. The number of hydrogen-bond donors (Lipinski definition) is 4. The number of nitrogens with one attached hydrogen (secondary N) is 2. The third-order valence-electron chi connectivity index (χ3n) is 3.07. The zero-order valence-electron chi connectivity index (χ0n) is 10.2. The van der Waals surface area contributed by atoms with Crippen LogP contribution >= 0.6 is 0 Å². The number of nitrogens with two attached hydrogens (primary N) is 1. The van der Waals surface area contributed by atoms with Crippen LogP contribution in [-0.4, -0.2) is 35.5 Å². The summed E-state index contributed by atoms with van der Waals surface area (Å²) in [5.74, 6) is 2.93. The second-order valence-corrected chi connectivity index (χ2v) is 4.48. The van der Waals surface area contributed by atoms with Crippen molar-refractivity contribution < 1.29 is 18.6 Å². The van der Waals surface area contributed by atoms with Crippen LogP contribution in [0.3, 0.4) is 0 Å². The first-order valence-corrected chi connectivity index (χ1v) is 5.91. The van der Waals surface area contributed by atoms with Crippen LogP contribution in [0.4, 0.5) is 20.4 Å². The number of anilines is 2. The van der Waals surface area contributed by atoms with Gasteiger partial charge in [0.25, 0.3) is 0 Å². The lowest BCUT2D eigenvalue weighted by molar-refractivity contribution is -0.0544. The van der Waals surface area contributed by atoms with Gasteiger partial charge in [-0.1, -0.05) is 0 Å². The van der Waals surface area contributed by atoms with E-state index in [0.717, 1.165) is 0 Å². The fraction of sp³-hybridized carbons (Fsp3) is 0.545. The summed E-state index contributed by atoms with van der Waals surface area (Å²) < 4.78 is 31.8. The summed E-state index contributed by atoms with van der Waals surface area (Å²) in [6.07, 6.45) is 0.898. The van der Waals surface area contributed by atoms with E-state index in [0.29, 0.717) is 32.1 Å². The smallest absolute Gasteiger partial charge is 0.178 e. The van der Waals surface area contributed by atoms with Crippen molar-refractivity contribution in [2.24, 2.45) is 5.84 Å². The molecule has 2 heterocycles. The SMILES string of the molecule is NNc1nc(NCC2(O)CCOCC2)c(F)cc1F. The highest BCUT2D eigenvalue weighted by atomic mass is 19.1. The largest absolute Gasteiger partial charge is 0.388 e. The maximum absolute atomic E-state index is 13.5. The van der Waals surface area contributed by atoms with Crippen LogP contribution in [0.15, 0.2) is 6.07 Å². The summed E-state index contributed by atoms with van der Waals surface area (Å²) in [6.45, 7) is 1.01. The Hall–Kier alpha value is -1.51. The van der Waals surface area contributed by atoms with E-state index >= 15 is 0 Å². The average Bonchev–Trinajstić information content (AvgIpc) is 2.39. The van der Waals surface area contributed by atoms with E-state index in [4.69, 9.17) is 10.6 Å². The van der Waals surface area contributed by atoms with Crippen molar-refractivity contribution in [1.29, 1.82) is 0 Å². The van der Waals surface area contributed by atoms with Gasteiger partial charge < -0.3 is 20.6 Å². The molecule has 0 aromatic carbocycles. The lowest BCUT2D eigenvalue weighted by Gasteiger charge is -2.32. The Morgan fingerprint density at radius 2 is 1.95 bits per heavy atom. The highest BCUT2D eigenvalue weighted by Gasteiger charge is 2.30.